The van der Waals surface area contributed by atoms with Crippen molar-refractivity contribution in [3.8, 4) is 5.69 Å². The second-order valence-electron chi connectivity index (χ2n) is 3.32. The van der Waals surface area contributed by atoms with Gasteiger partial charge in [0, 0.05) is 18.8 Å². The topological polar surface area (TPSA) is 67.7 Å². The Kier molecular flexibility index (Phi) is 2.49. The monoisotopic (exact) mass is 200 g/mol. The molecular formula is C11H12N4. The van der Waals surface area contributed by atoms with Gasteiger partial charge in [0.15, 0.2) is 0 Å². The van der Waals surface area contributed by atoms with Crippen molar-refractivity contribution in [2.45, 2.75) is 6.42 Å². The number of aromatic nitrogens is 2. The lowest BCUT2D eigenvalue weighted by molar-refractivity contribution is 0.880. The first-order valence-corrected chi connectivity index (χ1v) is 4.67. The van der Waals surface area contributed by atoms with E-state index in [0.717, 1.165) is 11.3 Å². The smallest absolute Gasteiger partial charge is 0.0950 e. The van der Waals surface area contributed by atoms with Crippen LogP contribution in [0.2, 0.25) is 0 Å². The molecule has 0 aliphatic rings. The van der Waals surface area contributed by atoms with Crippen molar-refractivity contribution in [1.82, 2.24) is 9.78 Å². The molecule has 15 heavy (non-hydrogen) atoms. The van der Waals surface area contributed by atoms with E-state index in [9.17, 15) is 0 Å². The summed E-state index contributed by atoms with van der Waals surface area (Å²) in [4.78, 5) is 0. The number of hydrogen-bond donors (Lipinski definition) is 2. The molecular weight excluding hydrogens is 188 g/mol. The van der Waals surface area contributed by atoms with Crippen molar-refractivity contribution in [2.75, 3.05) is 0 Å². The maximum Gasteiger partial charge on any atom is 0.0950 e. The number of nitrogens with one attached hydrogen (secondary N) is 1. The van der Waals surface area contributed by atoms with E-state index < -0.39 is 0 Å². The zero-order chi connectivity index (χ0) is 10.7. The zero-order valence-electron chi connectivity index (χ0n) is 8.22. The number of rotatable bonds is 3. The van der Waals surface area contributed by atoms with E-state index >= 15 is 0 Å². The minimum Gasteiger partial charge on any atom is -0.387 e. The second kappa shape index (κ2) is 3.96. The van der Waals surface area contributed by atoms with Crippen molar-refractivity contribution >= 4 is 5.84 Å². The lowest BCUT2D eigenvalue weighted by atomic mass is 10.1. The van der Waals surface area contributed by atoms with Gasteiger partial charge in [0.1, 0.15) is 0 Å². The zero-order valence-corrected chi connectivity index (χ0v) is 8.22. The van der Waals surface area contributed by atoms with E-state index in [2.05, 4.69) is 5.10 Å². The van der Waals surface area contributed by atoms with E-state index in [-0.39, 0.29) is 5.84 Å². The summed E-state index contributed by atoms with van der Waals surface area (Å²) in [6, 6.07) is 9.72. The second-order valence-corrected chi connectivity index (χ2v) is 3.32. The molecule has 2 rings (SSSR count). The van der Waals surface area contributed by atoms with Crippen molar-refractivity contribution in [3.63, 3.8) is 0 Å². The van der Waals surface area contributed by atoms with Crippen molar-refractivity contribution in [1.29, 1.82) is 5.41 Å². The Bertz CT molecular complexity index is 442. The van der Waals surface area contributed by atoms with Crippen LogP contribution in [0.15, 0.2) is 42.7 Å². The van der Waals surface area contributed by atoms with Gasteiger partial charge in [-0.1, -0.05) is 12.1 Å². The van der Waals surface area contributed by atoms with Gasteiger partial charge in [-0.15, -0.1) is 0 Å². The third-order valence-corrected chi connectivity index (χ3v) is 2.10. The summed E-state index contributed by atoms with van der Waals surface area (Å²) in [5.74, 6) is 0.182. The Morgan fingerprint density at radius 3 is 2.60 bits per heavy atom. The minimum atomic E-state index is 0.182. The summed E-state index contributed by atoms with van der Waals surface area (Å²) >= 11 is 0. The molecule has 0 fully saturated rings. The average Bonchev–Trinajstić information content (AvgIpc) is 2.71. The number of amidine groups is 1. The molecule has 2 aromatic rings. The Labute approximate surface area is 87.9 Å². The molecule has 0 spiro atoms. The number of nitrogens with zero attached hydrogens (tertiary/aromatic N) is 2. The molecule has 0 unspecified atom stereocenters. The van der Waals surface area contributed by atoms with Gasteiger partial charge in [-0.25, -0.2) is 4.68 Å². The Morgan fingerprint density at radius 1 is 1.33 bits per heavy atom. The van der Waals surface area contributed by atoms with Crippen LogP contribution >= 0.6 is 0 Å². The molecule has 0 bridgehead atoms. The Balaban J connectivity index is 2.21. The molecule has 1 aromatic carbocycles. The summed E-state index contributed by atoms with van der Waals surface area (Å²) in [5.41, 5.74) is 7.37. The summed E-state index contributed by atoms with van der Waals surface area (Å²) < 4.78 is 1.79. The van der Waals surface area contributed by atoms with Crippen molar-refractivity contribution in [2.24, 2.45) is 5.73 Å². The highest BCUT2D eigenvalue weighted by atomic mass is 15.3. The molecule has 0 saturated heterocycles. The average molecular weight is 200 g/mol. The van der Waals surface area contributed by atoms with E-state index in [4.69, 9.17) is 11.1 Å². The van der Waals surface area contributed by atoms with E-state index in [1.165, 1.54) is 0 Å². The van der Waals surface area contributed by atoms with Crippen LogP contribution in [-0.2, 0) is 6.42 Å². The quantitative estimate of drug-likeness (QED) is 0.580. The molecule has 0 aliphatic heterocycles. The van der Waals surface area contributed by atoms with Gasteiger partial charge < -0.3 is 5.73 Å². The predicted octanol–water partition coefficient (Wildman–Crippen LogP) is 1.35. The molecule has 0 saturated carbocycles. The van der Waals surface area contributed by atoms with E-state index in [1.54, 1.807) is 10.9 Å². The summed E-state index contributed by atoms with van der Waals surface area (Å²) in [6.45, 7) is 0. The molecule has 76 valence electrons. The Hall–Kier alpha value is -2.10. The summed E-state index contributed by atoms with van der Waals surface area (Å²) in [7, 11) is 0. The fourth-order valence-corrected chi connectivity index (χ4v) is 1.41. The minimum absolute atomic E-state index is 0.182. The van der Waals surface area contributed by atoms with Crippen molar-refractivity contribution < 1.29 is 0 Å². The number of nitrogens with two attached hydrogens (primary N) is 1. The van der Waals surface area contributed by atoms with Gasteiger partial charge in [-0.2, -0.15) is 5.10 Å². The SMILES string of the molecule is N=C(N)Cc1ccc(-n2cccn2)cc1. The first kappa shape index (κ1) is 9.45. The van der Waals surface area contributed by atoms with Crippen LogP contribution in [0.3, 0.4) is 0 Å². The van der Waals surface area contributed by atoms with Crippen LogP contribution in [0.25, 0.3) is 5.69 Å². The lowest BCUT2D eigenvalue weighted by Crippen LogP contribution is -2.12. The maximum absolute atomic E-state index is 7.18. The first-order chi connectivity index (χ1) is 7.25. The third-order valence-electron chi connectivity index (χ3n) is 2.10. The standard InChI is InChI=1S/C11H12N4/c12-11(13)8-9-2-4-10(5-3-9)15-7-1-6-14-15/h1-7H,8H2,(H3,12,13). The van der Waals surface area contributed by atoms with Gasteiger partial charge in [0.2, 0.25) is 0 Å². The highest BCUT2D eigenvalue weighted by molar-refractivity contribution is 5.79. The highest BCUT2D eigenvalue weighted by Crippen LogP contribution is 2.08. The predicted molar refractivity (Wildman–Crippen MR) is 59.2 cm³/mol. The van der Waals surface area contributed by atoms with Crippen LogP contribution in [0.4, 0.5) is 0 Å². The number of benzene rings is 1. The van der Waals surface area contributed by atoms with Crippen LogP contribution in [0.5, 0.6) is 0 Å². The van der Waals surface area contributed by atoms with Crippen LogP contribution in [0, 0.1) is 5.41 Å². The Morgan fingerprint density at radius 2 is 2.07 bits per heavy atom. The maximum atomic E-state index is 7.18. The summed E-state index contributed by atoms with van der Waals surface area (Å²) in [5, 5.41) is 11.3. The molecule has 4 heteroatoms. The molecule has 0 radical (unpaired) electrons. The molecule has 3 N–H and O–H groups in total. The van der Waals surface area contributed by atoms with Gasteiger partial charge in [0.05, 0.1) is 11.5 Å². The molecule has 1 heterocycles. The normalized spacial score (nSPS) is 10.1. The molecule has 1 aromatic heterocycles. The molecule has 0 amide bonds. The van der Waals surface area contributed by atoms with Crippen molar-refractivity contribution in [3.05, 3.63) is 48.3 Å². The fourth-order valence-electron chi connectivity index (χ4n) is 1.41. The van der Waals surface area contributed by atoms with E-state index in [0.29, 0.717) is 6.42 Å². The van der Waals surface area contributed by atoms with Gasteiger partial charge >= 0.3 is 0 Å². The molecule has 0 atom stereocenters. The highest BCUT2D eigenvalue weighted by Gasteiger charge is 1.97. The number of hydrogen-bond acceptors (Lipinski definition) is 2. The van der Waals surface area contributed by atoms with E-state index in [1.807, 2.05) is 36.5 Å². The van der Waals surface area contributed by atoms with Crippen LogP contribution < -0.4 is 5.73 Å². The third kappa shape index (κ3) is 2.22. The first-order valence-electron chi connectivity index (χ1n) is 4.67. The van der Waals surface area contributed by atoms with Gasteiger partial charge in [0.25, 0.3) is 0 Å². The fraction of sp³-hybridized carbons (Fsp3) is 0.0909. The molecule has 4 nitrogen and oxygen atoms in total. The largest absolute Gasteiger partial charge is 0.387 e. The van der Waals surface area contributed by atoms with Gasteiger partial charge in [-0.05, 0) is 23.8 Å². The van der Waals surface area contributed by atoms with Crippen LogP contribution in [-0.4, -0.2) is 15.6 Å². The molecule has 0 aliphatic carbocycles. The van der Waals surface area contributed by atoms with Crippen LogP contribution in [0.1, 0.15) is 5.56 Å². The summed E-state index contributed by atoms with van der Waals surface area (Å²) in [6.07, 6.45) is 4.13. The van der Waals surface area contributed by atoms with Gasteiger partial charge in [-0.3, -0.25) is 5.41 Å². The lowest BCUT2D eigenvalue weighted by Gasteiger charge is -2.03.